The Morgan fingerprint density at radius 2 is 2.22 bits per heavy atom. The quantitative estimate of drug-likeness (QED) is 0.740. The van der Waals surface area contributed by atoms with E-state index in [2.05, 4.69) is 11.4 Å². The normalized spacial score (nSPS) is 14.0. The van der Waals surface area contributed by atoms with Crippen LogP contribution in [0.5, 0.6) is 0 Å². The summed E-state index contributed by atoms with van der Waals surface area (Å²) in [5.41, 5.74) is 3.54. The fraction of sp³-hybridized carbons (Fsp3) is 0.294. The number of fused-ring (bicyclic) bond motifs is 2. The molecule has 0 saturated heterocycles. The van der Waals surface area contributed by atoms with Gasteiger partial charge in [0.2, 0.25) is 0 Å². The van der Waals surface area contributed by atoms with Gasteiger partial charge in [0.25, 0.3) is 0 Å². The van der Waals surface area contributed by atoms with Crippen molar-refractivity contribution in [2.75, 3.05) is 13.7 Å². The van der Waals surface area contributed by atoms with Crippen LogP contribution in [0.15, 0.2) is 24.3 Å². The molecule has 0 bridgehead atoms. The zero-order valence-corrected chi connectivity index (χ0v) is 14.4. The Morgan fingerprint density at radius 1 is 1.35 bits per heavy atom. The third-order valence-electron chi connectivity index (χ3n) is 4.04. The summed E-state index contributed by atoms with van der Waals surface area (Å²) in [6, 6.07) is 8.17. The molecule has 1 aliphatic rings. The molecule has 2 aromatic heterocycles. The topological polar surface area (TPSA) is 51.2 Å². The van der Waals surface area contributed by atoms with Crippen molar-refractivity contribution in [1.29, 1.82) is 0 Å². The smallest absolute Gasteiger partial charge is 0.310 e. The first-order valence-corrected chi connectivity index (χ1v) is 9.16. The Morgan fingerprint density at radius 3 is 3.04 bits per heavy atom. The molecule has 0 amide bonds. The number of aromatic nitrogens is 1. The predicted molar refractivity (Wildman–Crippen MR) is 94.1 cm³/mol. The van der Waals surface area contributed by atoms with Crippen LogP contribution in [0.3, 0.4) is 0 Å². The van der Waals surface area contributed by atoms with E-state index in [4.69, 9.17) is 9.72 Å². The average molecular weight is 344 g/mol. The van der Waals surface area contributed by atoms with Crippen molar-refractivity contribution in [2.45, 2.75) is 19.4 Å². The molecule has 0 fully saturated rings. The van der Waals surface area contributed by atoms with E-state index in [1.54, 1.807) is 22.7 Å². The number of rotatable bonds is 3. The van der Waals surface area contributed by atoms with Crippen molar-refractivity contribution >= 4 is 38.9 Å². The lowest BCUT2D eigenvalue weighted by molar-refractivity contribution is -0.139. The highest BCUT2D eigenvalue weighted by molar-refractivity contribution is 7.22. The van der Waals surface area contributed by atoms with Gasteiger partial charge in [-0.1, -0.05) is 12.1 Å². The number of para-hydroxylation sites is 1. The van der Waals surface area contributed by atoms with Gasteiger partial charge in [-0.25, -0.2) is 4.98 Å². The van der Waals surface area contributed by atoms with E-state index in [-0.39, 0.29) is 5.97 Å². The third kappa shape index (κ3) is 2.67. The molecule has 4 nitrogen and oxygen atoms in total. The molecule has 1 aromatic carbocycles. The number of thiazole rings is 1. The van der Waals surface area contributed by atoms with Crippen LogP contribution in [0.25, 0.3) is 20.8 Å². The van der Waals surface area contributed by atoms with Gasteiger partial charge in [0.15, 0.2) is 0 Å². The Bertz CT molecular complexity index is 849. The van der Waals surface area contributed by atoms with Gasteiger partial charge < -0.3 is 10.1 Å². The number of hydrogen-bond donors (Lipinski definition) is 1. The lowest BCUT2D eigenvalue weighted by Gasteiger charge is -2.13. The molecule has 6 heteroatoms. The lowest BCUT2D eigenvalue weighted by atomic mass is 10.0. The van der Waals surface area contributed by atoms with Crippen molar-refractivity contribution in [1.82, 2.24) is 10.3 Å². The SMILES string of the molecule is COC(=O)Cc1sc2c(c1-c1nc3ccccc3s1)CCNC2. The summed E-state index contributed by atoms with van der Waals surface area (Å²) < 4.78 is 6.05. The van der Waals surface area contributed by atoms with Gasteiger partial charge in [-0.15, -0.1) is 22.7 Å². The zero-order valence-electron chi connectivity index (χ0n) is 12.7. The van der Waals surface area contributed by atoms with Crippen LogP contribution in [-0.2, 0) is 28.9 Å². The summed E-state index contributed by atoms with van der Waals surface area (Å²) in [6.07, 6.45) is 1.30. The first kappa shape index (κ1) is 14.8. The fourth-order valence-corrected chi connectivity index (χ4v) is 5.39. The van der Waals surface area contributed by atoms with E-state index in [9.17, 15) is 4.79 Å². The Hall–Kier alpha value is -1.76. The maximum Gasteiger partial charge on any atom is 0.310 e. The average Bonchev–Trinajstić information content (AvgIpc) is 3.14. The number of benzene rings is 1. The summed E-state index contributed by atoms with van der Waals surface area (Å²) in [7, 11) is 1.44. The molecule has 0 atom stereocenters. The number of thiophene rings is 1. The van der Waals surface area contributed by atoms with E-state index in [1.165, 1.54) is 22.3 Å². The maximum atomic E-state index is 11.8. The first-order valence-electron chi connectivity index (χ1n) is 7.53. The molecule has 4 rings (SSSR count). The number of carbonyl (C=O) groups is 1. The van der Waals surface area contributed by atoms with Crippen molar-refractivity contribution < 1.29 is 9.53 Å². The van der Waals surface area contributed by atoms with Gasteiger partial charge in [-0.3, -0.25) is 4.79 Å². The number of nitrogens with one attached hydrogen (secondary N) is 1. The van der Waals surface area contributed by atoms with Crippen LogP contribution in [0, 0.1) is 0 Å². The van der Waals surface area contributed by atoms with E-state index >= 15 is 0 Å². The summed E-state index contributed by atoms with van der Waals surface area (Å²) in [4.78, 5) is 19.0. The highest BCUT2D eigenvalue weighted by Gasteiger charge is 2.25. The molecule has 0 aliphatic carbocycles. The zero-order chi connectivity index (χ0) is 15.8. The molecular formula is C17H16N2O2S2. The molecule has 3 heterocycles. The minimum Gasteiger partial charge on any atom is -0.469 e. The molecule has 23 heavy (non-hydrogen) atoms. The minimum absolute atomic E-state index is 0.195. The van der Waals surface area contributed by atoms with Gasteiger partial charge in [0, 0.05) is 21.9 Å². The summed E-state index contributed by atoms with van der Waals surface area (Å²) in [6.45, 7) is 1.85. The van der Waals surface area contributed by atoms with Crippen molar-refractivity contribution in [3.63, 3.8) is 0 Å². The van der Waals surface area contributed by atoms with Crippen molar-refractivity contribution in [2.24, 2.45) is 0 Å². The standard InChI is InChI=1S/C17H16N2O2S2/c1-21-15(20)8-13-16(10-6-7-18-9-14(10)22-13)17-19-11-4-2-3-5-12(11)23-17/h2-5,18H,6-9H2,1H3. The molecule has 1 aliphatic heterocycles. The van der Waals surface area contributed by atoms with Gasteiger partial charge in [0.1, 0.15) is 5.01 Å². The molecular weight excluding hydrogens is 328 g/mol. The van der Waals surface area contributed by atoms with Crippen LogP contribution in [0.2, 0.25) is 0 Å². The minimum atomic E-state index is -0.195. The number of methoxy groups -OCH3 is 1. The van der Waals surface area contributed by atoms with Crippen molar-refractivity contribution in [3.05, 3.63) is 39.6 Å². The van der Waals surface area contributed by atoms with Crippen LogP contribution in [0.1, 0.15) is 15.3 Å². The second kappa shape index (κ2) is 6.03. The van der Waals surface area contributed by atoms with E-state index in [0.29, 0.717) is 6.42 Å². The van der Waals surface area contributed by atoms with Crippen LogP contribution >= 0.6 is 22.7 Å². The first-order chi connectivity index (χ1) is 11.3. The second-order valence-electron chi connectivity index (χ2n) is 5.47. The molecule has 3 aromatic rings. The maximum absolute atomic E-state index is 11.8. The van der Waals surface area contributed by atoms with Gasteiger partial charge in [-0.05, 0) is 30.7 Å². The third-order valence-corrected chi connectivity index (χ3v) is 6.33. The van der Waals surface area contributed by atoms with Gasteiger partial charge >= 0.3 is 5.97 Å². The number of hydrogen-bond acceptors (Lipinski definition) is 6. The van der Waals surface area contributed by atoms with E-state index < -0.39 is 0 Å². The molecule has 0 saturated carbocycles. The van der Waals surface area contributed by atoms with E-state index in [1.807, 2.05) is 18.2 Å². The van der Waals surface area contributed by atoms with Crippen LogP contribution < -0.4 is 5.32 Å². The van der Waals surface area contributed by atoms with E-state index in [0.717, 1.165) is 40.5 Å². The molecule has 1 N–H and O–H groups in total. The summed E-state index contributed by atoms with van der Waals surface area (Å²) >= 11 is 3.41. The highest BCUT2D eigenvalue weighted by atomic mass is 32.1. The Kier molecular flexibility index (Phi) is 3.88. The molecule has 118 valence electrons. The monoisotopic (exact) mass is 344 g/mol. The number of ether oxygens (including phenoxy) is 1. The summed E-state index contributed by atoms with van der Waals surface area (Å²) in [5, 5.41) is 4.42. The Labute approximate surface area is 142 Å². The Balaban J connectivity index is 1.87. The highest BCUT2D eigenvalue weighted by Crippen LogP contribution is 2.41. The number of esters is 1. The van der Waals surface area contributed by atoms with Gasteiger partial charge in [-0.2, -0.15) is 0 Å². The lowest BCUT2D eigenvalue weighted by Crippen LogP contribution is -2.22. The molecule has 0 radical (unpaired) electrons. The van der Waals surface area contributed by atoms with Gasteiger partial charge in [0.05, 0.1) is 23.7 Å². The predicted octanol–water partition coefficient (Wildman–Crippen LogP) is 3.39. The van der Waals surface area contributed by atoms with Crippen LogP contribution in [-0.4, -0.2) is 24.6 Å². The number of carbonyl (C=O) groups excluding carboxylic acids is 1. The largest absolute Gasteiger partial charge is 0.469 e. The number of nitrogens with zero attached hydrogens (tertiary/aromatic N) is 1. The van der Waals surface area contributed by atoms with Crippen LogP contribution in [0.4, 0.5) is 0 Å². The summed E-state index contributed by atoms with van der Waals surface area (Å²) in [5.74, 6) is -0.195. The van der Waals surface area contributed by atoms with Crippen molar-refractivity contribution in [3.8, 4) is 10.6 Å². The molecule has 0 unspecified atom stereocenters. The molecule has 0 spiro atoms. The second-order valence-corrected chi connectivity index (χ2v) is 7.69. The fourth-order valence-electron chi connectivity index (χ4n) is 2.95.